The molecule has 9 nitrogen and oxygen atoms in total. The number of rotatable bonds is 9. The Morgan fingerprint density at radius 2 is 1.94 bits per heavy atom. The van der Waals surface area contributed by atoms with Gasteiger partial charge in [0.25, 0.3) is 11.5 Å². The third kappa shape index (κ3) is 5.28. The fourth-order valence-electron chi connectivity index (χ4n) is 3.42. The predicted molar refractivity (Wildman–Crippen MR) is 112 cm³/mol. The van der Waals surface area contributed by atoms with E-state index < -0.39 is 18.5 Å². The minimum absolute atomic E-state index is 0.0106. The summed E-state index contributed by atoms with van der Waals surface area (Å²) < 4.78 is 6.77. The maximum atomic E-state index is 12.8. The molecule has 0 saturated heterocycles. The van der Waals surface area contributed by atoms with E-state index in [9.17, 15) is 19.2 Å². The Kier molecular flexibility index (Phi) is 6.01. The Hall–Kier alpha value is -3.23. The van der Waals surface area contributed by atoms with Crippen molar-refractivity contribution in [2.45, 2.75) is 50.6 Å². The Balaban J connectivity index is 1.31. The number of nitrogens with zero attached hydrogens (tertiary/aromatic N) is 3. The van der Waals surface area contributed by atoms with Crippen molar-refractivity contribution in [1.82, 2.24) is 19.8 Å². The molecule has 1 N–H and O–H groups in total. The number of para-hydroxylation sites is 1. The van der Waals surface area contributed by atoms with Crippen molar-refractivity contribution < 1.29 is 19.1 Å². The SMILES string of the molecule is CN(CC(=O)NC1CC1)C(=O)COC(=O)CCc1nc2ccccc2c(=O)n1C1CC1. The minimum atomic E-state index is -0.547. The molecule has 2 saturated carbocycles. The Bertz CT molecular complexity index is 1070. The van der Waals surface area contributed by atoms with E-state index in [1.807, 2.05) is 12.1 Å². The first-order valence-electron chi connectivity index (χ1n) is 10.6. The lowest BCUT2D eigenvalue weighted by atomic mass is 10.2. The zero-order chi connectivity index (χ0) is 22.0. The Labute approximate surface area is 179 Å². The number of amides is 2. The lowest BCUT2D eigenvalue weighted by Gasteiger charge is -2.17. The second kappa shape index (κ2) is 8.87. The van der Waals surface area contributed by atoms with Crippen LogP contribution in [-0.4, -0.2) is 58.5 Å². The smallest absolute Gasteiger partial charge is 0.306 e. The summed E-state index contributed by atoms with van der Waals surface area (Å²) in [5, 5.41) is 3.37. The Morgan fingerprint density at radius 1 is 1.19 bits per heavy atom. The predicted octanol–water partition coefficient (Wildman–Crippen LogP) is 0.944. The second-order valence-corrected chi connectivity index (χ2v) is 8.20. The molecule has 0 atom stereocenters. The lowest BCUT2D eigenvalue weighted by Crippen LogP contribution is -2.40. The van der Waals surface area contributed by atoms with Gasteiger partial charge in [-0.05, 0) is 37.8 Å². The fourth-order valence-corrected chi connectivity index (χ4v) is 3.42. The first-order chi connectivity index (χ1) is 14.9. The topological polar surface area (TPSA) is 111 Å². The van der Waals surface area contributed by atoms with Crippen molar-refractivity contribution >= 4 is 28.7 Å². The van der Waals surface area contributed by atoms with Crippen LogP contribution in [0.4, 0.5) is 0 Å². The van der Waals surface area contributed by atoms with Crippen LogP contribution < -0.4 is 10.9 Å². The number of nitrogens with one attached hydrogen (secondary N) is 1. The largest absolute Gasteiger partial charge is 0.456 e. The van der Waals surface area contributed by atoms with Crippen molar-refractivity contribution in [3.63, 3.8) is 0 Å². The van der Waals surface area contributed by atoms with Gasteiger partial charge in [0, 0.05) is 25.6 Å². The molecule has 1 aromatic carbocycles. The summed E-state index contributed by atoms with van der Waals surface area (Å²) in [6.07, 6.45) is 4.06. The van der Waals surface area contributed by atoms with Gasteiger partial charge in [0.1, 0.15) is 5.82 Å². The highest BCUT2D eigenvalue weighted by atomic mass is 16.5. The van der Waals surface area contributed by atoms with Gasteiger partial charge in [0.2, 0.25) is 5.91 Å². The molecule has 1 aromatic heterocycles. The van der Waals surface area contributed by atoms with E-state index in [4.69, 9.17) is 4.74 Å². The summed E-state index contributed by atoms with van der Waals surface area (Å²) in [5.41, 5.74) is 0.520. The average Bonchev–Trinajstić information content (AvgIpc) is 3.66. The highest BCUT2D eigenvalue weighted by Gasteiger charge is 2.28. The van der Waals surface area contributed by atoms with Crippen molar-refractivity contribution in [2.75, 3.05) is 20.2 Å². The molecule has 4 rings (SSSR count). The van der Waals surface area contributed by atoms with Crippen LogP contribution in [0.25, 0.3) is 10.9 Å². The molecule has 2 aliphatic carbocycles. The third-order valence-electron chi connectivity index (χ3n) is 5.45. The molecule has 31 heavy (non-hydrogen) atoms. The molecule has 0 spiro atoms. The van der Waals surface area contributed by atoms with E-state index >= 15 is 0 Å². The first kappa shape index (κ1) is 21.0. The van der Waals surface area contributed by atoms with E-state index in [1.54, 1.807) is 16.7 Å². The van der Waals surface area contributed by atoms with E-state index in [0.717, 1.165) is 25.7 Å². The van der Waals surface area contributed by atoms with Gasteiger partial charge in [-0.2, -0.15) is 0 Å². The van der Waals surface area contributed by atoms with Crippen LogP contribution in [0.15, 0.2) is 29.1 Å². The van der Waals surface area contributed by atoms with Crippen LogP contribution in [0, 0.1) is 0 Å². The third-order valence-corrected chi connectivity index (χ3v) is 5.45. The fraction of sp³-hybridized carbons (Fsp3) is 0.500. The summed E-state index contributed by atoms with van der Waals surface area (Å²) in [7, 11) is 1.50. The number of fused-ring (bicyclic) bond motifs is 1. The average molecular weight is 426 g/mol. The normalized spacial score (nSPS) is 15.5. The summed E-state index contributed by atoms with van der Waals surface area (Å²) in [6.45, 7) is -0.492. The van der Waals surface area contributed by atoms with Crippen LogP contribution in [0.2, 0.25) is 0 Å². The summed E-state index contributed by atoms with van der Waals surface area (Å²) in [4.78, 5) is 54.7. The number of likely N-dealkylation sites (N-methyl/N-ethyl adjacent to an activating group) is 1. The molecule has 0 radical (unpaired) electrons. The van der Waals surface area contributed by atoms with Gasteiger partial charge < -0.3 is 15.0 Å². The number of aromatic nitrogens is 2. The molecule has 2 amide bonds. The number of hydrogen-bond donors (Lipinski definition) is 1. The molecule has 164 valence electrons. The lowest BCUT2D eigenvalue weighted by molar-refractivity contribution is -0.152. The number of aryl methyl sites for hydroxylation is 1. The van der Waals surface area contributed by atoms with Gasteiger partial charge in [-0.15, -0.1) is 0 Å². The Morgan fingerprint density at radius 3 is 2.65 bits per heavy atom. The molecular formula is C22H26N4O5. The maximum absolute atomic E-state index is 12.8. The van der Waals surface area contributed by atoms with Crippen LogP contribution >= 0.6 is 0 Å². The van der Waals surface area contributed by atoms with Crippen LogP contribution in [0.1, 0.15) is 44.0 Å². The molecule has 2 aromatic rings. The van der Waals surface area contributed by atoms with E-state index in [1.165, 1.54) is 11.9 Å². The zero-order valence-corrected chi connectivity index (χ0v) is 17.5. The second-order valence-electron chi connectivity index (χ2n) is 8.20. The highest BCUT2D eigenvalue weighted by Crippen LogP contribution is 2.34. The van der Waals surface area contributed by atoms with E-state index in [0.29, 0.717) is 16.7 Å². The number of carbonyl (C=O) groups is 3. The molecule has 9 heteroatoms. The van der Waals surface area contributed by atoms with Gasteiger partial charge >= 0.3 is 5.97 Å². The number of esters is 1. The standard InChI is InChI=1S/C22H26N4O5/c1-25(12-19(27)23-14-6-7-14)20(28)13-31-21(29)11-10-18-24-17-5-3-2-4-16(17)22(30)26(18)15-8-9-15/h2-5,14-15H,6-13H2,1H3,(H,23,27). The van der Waals surface area contributed by atoms with Gasteiger partial charge in [0.05, 0.1) is 23.9 Å². The van der Waals surface area contributed by atoms with Crippen LogP contribution in [0.3, 0.4) is 0 Å². The molecular weight excluding hydrogens is 400 g/mol. The van der Waals surface area contributed by atoms with Crippen LogP contribution in [-0.2, 0) is 25.5 Å². The minimum Gasteiger partial charge on any atom is -0.456 e. The van der Waals surface area contributed by atoms with Gasteiger partial charge in [-0.25, -0.2) is 4.98 Å². The highest BCUT2D eigenvalue weighted by molar-refractivity contribution is 5.86. The van der Waals surface area contributed by atoms with Gasteiger partial charge in [-0.3, -0.25) is 23.7 Å². The monoisotopic (exact) mass is 426 g/mol. The number of hydrogen-bond acceptors (Lipinski definition) is 6. The summed E-state index contributed by atoms with van der Waals surface area (Å²) >= 11 is 0. The van der Waals surface area contributed by atoms with Crippen molar-refractivity contribution in [1.29, 1.82) is 0 Å². The first-order valence-corrected chi connectivity index (χ1v) is 10.6. The van der Waals surface area contributed by atoms with Crippen LogP contribution in [0.5, 0.6) is 0 Å². The number of ether oxygens (including phenoxy) is 1. The molecule has 2 aliphatic rings. The number of carbonyl (C=O) groups excluding carboxylic acids is 3. The molecule has 0 bridgehead atoms. The number of benzene rings is 1. The van der Waals surface area contributed by atoms with E-state index in [-0.39, 0.29) is 42.9 Å². The summed E-state index contributed by atoms with van der Waals surface area (Å²) in [6, 6.07) is 7.53. The molecule has 0 unspecified atom stereocenters. The van der Waals surface area contributed by atoms with Gasteiger partial charge in [0.15, 0.2) is 6.61 Å². The van der Waals surface area contributed by atoms with Crippen molar-refractivity contribution in [3.8, 4) is 0 Å². The van der Waals surface area contributed by atoms with E-state index in [2.05, 4.69) is 10.3 Å². The van der Waals surface area contributed by atoms with Gasteiger partial charge in [-0.1, -0.05) is 12.1 Å². The molecule has 0 aliphatic heterocycles. The quantitative estimate of drug-likeness (QED) is 0.598. The molecule has 2 fully saturated rings. The molecule has 1 heterocycles. The van der Waals surface area contributed by atoms with Crippen molar-refractivity contribution in [3.05, 3.63) is 40.4 Å². The maximum Gasteiger partial charge on any atom is 0.306 e. The summed E-state index contributed by atoms with van der Waals surface area (Å²) in [5.74, 6) is -0.652. The zero-order valence-electron chi connectivity index (χ0n) is 17.5. The van der Waals surface area contributed by atoms with Crippen molar-refractivity contribution in [2.24, 2.45) is 0 Å².